The summed E-state index contributed by atoms with van der Waals surface area (Å²) in [5.41, 5.74) is 5.26. The Morgan fingerprint density at radius 3 is 2.82 bits per heavy atom. The molecule has 0 spiro atoms. The second-order valence-electron chi connectivity index (χ2n) is 4.40. The Bertz CT molecular complexity index is 414. The maximum absolute atomic E-state index is 13.3. The fraction of sp³-hybridized carbons (Fsp3) is 0.545. The molecule has 1 aromatic heterocycles. The fourth-order valence-electron chi connectivity index (χ4n) is 2.08. The van der Waals surface area contributed by atoms with E-state index < -0.39 is 11.6 Å². The van der Waals surface area contributed by atoms with Crippen molar-refractivity contribution in [2.75, 3.05) is 17.6 Å². The summed E-state index contributed by atoms with van der Waals surface area (Å²) in [7, 11) is 0. The van der Waals surface area contributed by atoms with Gasteiger partial charge in [0.1, 0.15) is 0 Å². The number of pyridine rings is 1. The van der Waals surface area contributed by atoms with Crippen molar-refractivity contribution in [3.05, 3.63) is 17.7 Å². The summed E-state index contributed by atoms with van der Waals surface area (Å²) in [4.78, 5) is 3.61. The third-order valence-electron chi connectivity index (χ3n) is 3.03. The summed E-state index contributed by atoms with van der Waals surface area (Å²) in [6.45, 7) is 0.506. The largest absolute Gasteiger partial charge is 0.393 e. The summed E-state index contributed by atoms with van der Waals surface area (Å²) >= 11 is 0. The number of nitrogen functional groups attached to an aromatic ring is 1. The van der Waals surface area contributed by atoms with Gasteiger partial charge in [0.2, 0.25) is 0 Å². The maximum Gasteiger partial charge on any atom is 0.168 e. The summed E-state index contributed by atoms with van der Waals surface area (Å²) in [5, 5.41) is 12.1. The van der Waals surface area contributed by atoms with Gasteiger partial charge in [0.25, 0.3) is 0 Å². The van der Waals surface area contributed by atoms with Crippen molar-refractivity contribution in [1.29, 1.82) is 0 Å². The van der Waals surface area contributed by atoms with E-state index >= 15 is 0 Å². The zero-order chi connectivity index (χ0) is 12.4. The number of hydrogen-bond acceptors (Lipinski definition) is 4. The molecule has 2 atom stereocenters. The lowest BCUT2D eigenvalue weighted by molar-refractivity contribution is 0.178. The highest BCUT2D eigenvalue weighted by Crippen LogP contribution is 2.26. The lowest BCUT2D eigenvalue weighted by atomic mass is 10.1. The zero-order valence-corrected chi connectivity index (χ0v) is 9.29. The second kappa shape index (κ2) is 4.83. The minimum absolute atomic E-state index is 0.0368. The van der Waals surface area contributed by atoms with Crippen molar-refractivity contribution in [3.8, 4) is 0 Å². The first-order valence-corrected chi connectivity index (χ1v) is 5.59. The van der Waals surface area contributed by atoms with Crippen LogP contribution in [0.1, 0.15) is 19.3 Å². The maximum atomic E-state index is 13.3. The van der Waals surface area contributed by atoms with Gasteiger partial charge in [0.15, 0.2) is 23.3 Å². The molecule has 0 bridgehead atoms. The Hall–Kier alpha value is -1.43. The summed E-state index contributed by atoms with van der Waals surface area (Å²) < 4.78 is 26.2. The van der Waals surface area contributed by atoms with E-state index in [0.29, 0.717) is 19.0 Å². The highest BCUT2D eigenvalue weighted by atomic mass is 19.1. The van der Waals surface area contributed by atoms with E-state index in [2.05, 4.69) is 10.3 Å². The van der Waals surface area contributed by atoms with Gasteiger partial charge >= 0.3 is 0 Å². The van der Waals surface area contributed by atoms with E-state index in [0.717, 1.165) is 12.8 Å². The number of aliphatic hydroxyl groups excluding tert-OH is 1. The van der Waals surface area contributed by atoms with E-state index in [-0.39, 0.29) is 23.7 Å². The molecule has 0 saturated heterocycles. The molecule has 2 unspecified atom stereocenters. The van der Waals surface area contributed by atoms with Gasteiger partial charge in [-0.2, -0.15) is 0 Å². The number of halogens is 2. The van der Waals surface area contributed by atoms with E-state index in [1.165, 1.54) is 0 Å². The van der Waals surface area contributed by atoms with Crippen molar-refractivity contribution in [2.45, 2.75) is 25.4 Å². The molecule has 0 aromatic carbocycles. The molecule has 6 heteroatoms. The molecule has 1 saturated carbocycles. The number of anilines is 2. The molecule has 2 rings (SSSR count). The standard InChI is InChI=1S/C11H15F2N3O/c12-8-4-9(13)11(16-10(8)14)15-5-6-1-2-7(17)3-6/h4,6-7,17H,1-3,5H2,(H3,14,15,16). The molecular weight excluding hydrogens is 228 g/mol. The highest BCUT2D eigenvalue weighted by molar-refractivity contribution is 5.44. The van der Waals surface area contributed by atoms with Gasteiger partial charge in [-0.3, -0.25) is 0 Å². The second-order valence-corrected chi connectivity index (χ2v) is 4.40. The van der Waals surface area contributed by atoms with E-state index in [1.807, 2.05) is 0 Å². The molecule has 0 amide bonds. The lowest BCUT2D eigenvalue weighted by Crippen LogP contribution is -2.15. The average Bonchev–Trinajstić information content (AvgIpc) is 2.68. The predicted octanol–water partition coefficient (Wildman–Crippen LogP) is 1.51. The number of rotatable bonds is 3. The molecule has 94 valence electrons. The molecule has 1 fully saturated rings. The van der Waals surface area contributed by atoms with Crippen molar-refractivity contribution >= 4 is 11.6 Å². The molecule has 1 aromatic rings. The Morgan fingerprint density at radius 2 is 2.18 bits per heavy atom. The van der Waals surface area contributed by atoms with Crippen LogP contribution in [0.25, 0.3) is 0 Å². The van der Waals surface area contributed by atoms with Crippen molar-refractivity contribution < 1.29 is 13.9 Å². The van der Waals surface area contributed by atoms with Gasteiger partial charge in [0, 0.05) is 12.6 Å². The monoisotopic (exact) mass is 243 g/mol. The quantitative estimate of drug-likeness (QED) is 0.752. The van der Waals surface area contributed by atoms with Gasteiger partial charge in [-0.25, -0.2) is 13.8 Å². The van der Waals surface area contributed by atoms with Crippen LogP contribution in [0.5, 0.6) is 0 Å². The molecule has 4 nitrogen and oxygen atoms in total. The van der Waals surface area contributed by atoms with Crippen LogP contribution in [0.15, 0.2) is 6.07 Å². The Balaban J connectivity index is 1.97. The van der Waals surface area contributed by atoms with Gasteiger partial charge in [0.05, 0.1) is 6.10 Å². The first-order valence-electron chi connectivity index (χ1n) is 5.59. The molecule has 1 aliphatic carbocycles. The number of aromatic nitrogens is 1. The molecule has 1 heterocycles. The van der Waals surface area contributed by atoms with Gasteiger partial charge in [-0.1, -0.05) is 0 Å². The minimum Gasteiger partial charge on any atom is -0.393 e. The lowest BCUT2D eigenvalue weighted by Gasteiger charge is -2.12. The van der Waals surface area contributed by atoms with Crippen LogP contribution in [0, 0.1) is 17.6 Å². The van der Waals surface area contributed by atoms with Gasteiger partial charge in [-0.15, -0.1) is 0 Å². The summed E-state index contributed by atoms with van der Waals surface area (Å²) in [6, 6.07) is 0.716. The highest BCUT2D eigenvalue weighted by Gasteiger charge is 2.23. The predicted molar refractivity (Wildman–Crippen MR) is 60.4 cm³/mol. The smallest absolute Gasteiger partial charge is 0.168 e. The van der Waals surface area contributed by atoms with Crippen LogP contribution in [0.3, 0.4) is 0 Å². The van der Waals surface area contributed by atoms with Crippen LogP contribution in [0.2, 0.25) is 0 Å². The number of hydrogen-bond donors (Lipinski definition) is 3. The van der Waals surface area contributed by atoms with Crippen LogP contribution >= 0.6 is 0 Å². The Kier molecular flexibility index (Phi) is 3.42. The fourth-order valence-corrected chi connectivity index (χ4v) is 2.08. The van der Waals surface area contributed by atoms with Gasteiger partial charge in [-0.05, 0) is 25.2 Å². The normalized spacial score (nSPS) is 23.9. The Labute approximate surface area is 97.8 Å². The van der Waals surface area contributed by atoms with Crippen molar-refractivity contribution in [2.24, 2.45) is 5.92 Å². The molecule has 0 radical (unpaired) electrons. The first-order chi connectivity index (χ1) is 8.06. The summed E-state index contributed by atoms with van der Waals surface area (Å²) in [6.07, 6.45) is 2.10. The molecule has 4 N–H and O–H groups in total. The molecule has 1 aliphatic rings. The minimum atomic E-state index is -0.857. The number of nitrogens with zero attached hydrogens (tertiary/aromatic N) is 1. The topological polar surface area (TPSA) is 71.2 Å². The molecule has 17 heavy (non-hydrogen) atoms. The van der Waals surface area contributed by atoms with Crippen LogP contribution in [-0.2, 0) is 0 Å². The summed E-state index contributed by atoms with van der Waals surface area (Å²) in [5.74, 6) is -1.68. The zero-order valence-electron chi connectivity index (χ0n) is 9.29. The number of aliphatic hydroxyl groups is 1. The molecular formula is C11H15F2N3O. The third-order valence-corrected chi connectivity index (χ3v) is 3.03. The van der Waals surface area contributed by atoms with Crippen molar-refractivity contribution in [1.82, 2.24) is 4.98 Å². The molecule has 0 aliphatic heterocycles. The van der Waals surface area contributed by atoms with Gasteiger partial charge < -0.3 is 16.2 Å². The first kappa shape index (κ1) is 12.0. The van der Waals surface area contributed by atoms with Crippen LogP contribution in [0.4, 0.5) is 20.4 Å². The SMILES string of the molecule is Nc1nc(NCC2CCC(O)C2)c(F)cc1F. The van der Waals surface area contributed by atoms with Crippen LogP contribution in [-0.4, -0.2) is 22.7 Å². The van der Waals surface area contributed by atoms with E-state index in [1.54, 1.807) is 0 Å². The van der Waals surface area contributed by atoms with E-state index in [9.17, 15) is 13.9 Å². The average molecular weight is 243 g/mol. The van der Waals surface area contributed by atoms with Crippen molar-refractivity contribution in [3.63, 3.8) is 0 Å². The number of nitrogens with two attached hydrogens (primary N) is 1. The van der Waals surface area contributed by atoms with Crippen LogP contribution < -0.4 is 11.1 Å². The number of nitrogens with one attached hydrogen (secondary N) is 1. The Morgan fingerprint density at radius 1 is 1.41 bits per heavy atom. The third kappa shape index (κ3) is 2.82. The van der Waals surface area contributed by atoms with E-state index in [4.69, 9.17) is 5.73 Å².